The third kappa shape index (κ3) is 6.10. The smallest absolute Gasteiger partial charge is 0.343 e. The van der Waals surface area contributed by atoms with Gasteiger partial charge < -0.3 is 20.1 Å². The molecule has 0 heterocycles. The van der Waals surface area contributed by atoms with E-state index in [1.54, 1.807) is 42.5 Å². The van der Waals surface area contributed by atoms with Gasteiger partial charge in [-0.05, 0) is 42.5 Å². The molecule has 0 aliphatic rings. The Morgan fingerprint density at radius 3 is 2.46 bits per heavy atom. The molecule has 0 unspecified atom stereocenters. The number of amides is 2. The van der Waals surface area contributed by atoms with E-state index in [1.165, 1.54) is 13.2 Å². The molecule has 0 radical (unpaired) electrons. The van der Waals surface area contributed by atoms with Crippen LogP contribution in [0.2, 0.25) is 5.02 Å². The van der Waals surface area contributed by atoms with Gasteiger partial charge in [0.15, 0.2) is 6.61 Å². The number of hydrogen-bond acceptors (Lipinski definition) is 5. The maximum absolute atomic E-state index is 11.9. The van der Waals surface area contributed by atoms with E-state index in [2.05, 4.69) is 15.4 Å². The van der Waals surface area contributed by atoms with Gasteiger partial charge in [-0.15, -0.1) is 0 Å². The van der Waals surface area contributed by atoms with Crippen LogP contribution in [0.25, 0.3) is 0 Å². The van der Waals surface area contributed by atoms with Gasteiger partial charge in [-0.25, -0.2) is 4.79 Å². The number of carbonyl (C=O) groups is 3. The first-order chi connectivity index (χ1) is 12.5. The molecule has 0 saturated heterocycles. The molecule has 2 rings (SSSR count). The topological polar surface area (TPSA) is 93.7 Å². The summed E-state index contributed by atoms with van der Waals surface area (Å²) in [4.78, 5) is 34.9. The molecule has 0 saturated carbocycles. The van der Waals surface area contributed by atoms with Gasteiger partial charge >= 0.3 is 5.97 Å². The lowest BCUT2D eigenvalue weighted by molar-refractivity contribution is -0.142. The first-order valence-corrected chi connectivity index (χ1v) is 7.99. The van der Waals surface area contributed by atoms with Crippen molar-refractivity contribution in [1.82, 2.24) is 5.32 Å². The zero-order valence-electron chi connectivity index (χ0n) is 14.0. The van der Waals surface area contributed by atoms with Crippen LogP contribution in [0.3, 0.4) is 0 Å². The van der Waals surface area contributed by atoms with Gasteiger partial charge in [-0.1, -0.05) is 17.7 Å². The van der Waals surface area contributed by atoms with Crippen molar-refractivity contribution in [3.63, 3.8) is 0 Å². The molecule has 2 N–H and O–H groups in total. The van der Waals surface area contributed by atoms with Crippen molar-refractivity contribution in [2.24, 2.45) is 0 Å². The lowest BCUT2D eigenvalue weighted by atomic mass is 10.2. The van der Waals surface area contributed by atoms with Crippen molar-refractivity contribution in [1.29, 1.82) is 0 Å². The quantitative estimate of drug-likeness (QED) is 0.723. The highest BCUT2D eigenvalue weighted by molar-refractivity contribution is 6.31. The molecule has 2 aromatic carbocycles. The average Bonchev–Trinajstić information content (AvgIpc) is 2.65. The van der Waals surface area contributed by atoms with E-state index in [0.717, 1.165) is 0 Å². The Kier molecular flexibility index (Phi) is 6.99. The number of carbonyl (C=O) groups excluding carboxylic acids is 3. The molecule has 0 aliphatic carbocycles. The van der Waals surface area contributed by atoms with E-state index in [1.807, 2.05) is 0 Å². The highest BCUT2D eigenvalue weighted by Gasteiger charge is 2.09. The first kappa shape index (κ1) is 19.3. The monoisotopic (exact) mass is 376 g/mol. The zero-order chi connectivity index (χ0) is 18.9. The van der Waals surface area contributed by atoms with Crippen LogP contribution in [0, 0.1) is 0 Å². The fraction of sp³-hybridized carbons (Fsp3) is 0.167. The van der Waals surface area contributed by atoms with Crippen LogP contribution in [-0.2, 0) is 14.3 Å². The molecular weight excluding hydrogens is 360 g/mol. The van der Waals surface area contributed by atoms with E-state index in [0.29, 0.717) is 22.0 Å². The minimum absolute atomic E-state index is 0.189. The number of hydrogen-bond donors (Lipinski definition) is 2. The fourth-order valence-electron chi connectivity index (χ4n) is 1.93. The number of ether oxygens (including phenoxy) is 2. The number of rotatable bonds is 7. The molecule has 7 nitrogen and oxygen atoms in total. The van der Waals surface area contributed by atoms with Gasteiger partial charge in [0.25, 0.3) is 5.91 Å². The molecule has 0 atom stereocenters. The molecule has 0 spiro atoms. The molecule has 8 heteroatoms. The minimum atomic E-state index is -0.488. The Hall–Kier alpha value is -3.06. The molecule has 0 bridgehead atoms. The number of methoxy groups -OCH3 is 1. The number of nitrogens with one attached hydrogen (secondary N) is 2. The average molecular weight is 377 g/mol. The predicted molar refractivity (Wildman–Crippen MR) is 96.4 cm³/mol. The lowest BCUT2D eigenvalue weighted by Crippen LogP contribution is -2.32. The molecule has 0 fully saturated rings. The summed E-state index contributed by atoms with van der Waals surface area (Å²) in [6.07, 6.45) is 0. The maximum Gasteiger partial charge on any atom is 0.343 e. The lowest BCUT2D eigenvalue weighted by Gasteiger charge is -2.09. The molecule has 2 aromatic rings. The van der Waals surface area contributed by atoms with Gasteiger partial charge in [0.2, 0.25) is 5.91 Å². The Balaban J connectivity index is 1.80. The third-order valence-electron chi connectivity index (χ3n) is 3.22. The minimum Gasteiger partial charge on any atom is -0.482 e. The normalized spacial score (nSPS) is 9.92. The zero-order valence-corrected chi connectivity index (χ0v) is 14.7. The van der Waals surface area contributed by atoms with Crippen LogP contribution in [0.15, 0.2) is 48.5 Å². The van der Waals surface area contributed by atoms with E-state index in [-0.39, 0.29) is 19.1 Å². The van der Waals surface area contributed by atoms with Gasteiger partial charge in [0.05, 0.1) is 13.7 Å². The summed E-state index contributed by atoms with van der Waals surface area (Å²) in [5, 5.41) is 5.59. The van der Waals surface area contributed by atoms with Crippen molar-refractivity contribution < 1.29 is 23.9 Å². The first-order valence-electron chi connectivity index (χ1n) is 7.61. The second kappa shape index (κ2) is 9.43. The van der Waals surface area contributed by atoms with Crippen LogP contribution in [0.4, 0.5) is 5.69 Å². The summed E-state index contributed by atoms with van der Waals surface area (Å²) >= 11 is 5.82. The second-order valence-corrected chi connectivity index (χ2v) is 5.57. The Morgan fingerprint density at radius 2 is 1.81 bits per heavy atom. The number of benzene rings is 2. The van der Waals surface area contributed by atoms with Gasteiger partial charge in [-0.2, -0.15) is 0 Å². The van der Waals surface area contributed by atoms with Crippen molar-refractivity contribution in [3.05, 3.63) is 59.1 Å². The largest absolute Gasteiger partial charge is 0.482 e. The van der Waals surface area contributed by atoms with Crippen molar-refractivity contribution in [2.75, 3.05) is 25.6 Å². The summed E-state index contributed by atoms with van der Waals surface area (Å²) in [6, 6.07) is 12.9. The Bertz CT molecular complexity index is 792. The third-order valence-corrected chi connectivity index (χ3v) is 3.45. The number of halogens is 1. The summed E-state index contributed by atoms with van der Waals surface area (Å²) in [6.45, 7) is -0.385. The standard InChI is InChI=1S/C18H17ClN2O5/c1-25-17(23)11-26-15-7-5-14(6-8-15)21-16(22)10-20-18(24)12-3-2-4-13(19)9-12/h2-9H,10-11H2,1H3,(H,20,24)(H,21,22). The fourth-order valence-corrected chi connectivity index (χ4v) is 2.12. The van der Waals surface area contributed by atoms with E-state index >= 15 is 0 Å². The summed E-state index contributed by atoms with van der Waals surface area (Å²) in [7, 11) is 1.27. The molecule has 0 aliphatic heterocycles. The van der Waals surface area contributed by atoms with Gasteiger partial charge in [0, 0.05) is 16.3 Å². The van der Waals surface area contributed by atoms with Crippen molar-refractivity contribution in [2.45, 2.75) is 0 Å². The van der Waals surface area contributed by atoms with Crippen LogP contribution in [-0.4, -0.2) is 38.0 Å². The number of esters is 1. The van der Waals surface area contributed by atoms with Crippen LogP contribution in [0.1, 0.15) is 10.4 Å². The Morgan fingerprint density at radius 1 is 1.08 bits per heavy atom. The second-order valence-electron chi connectivity index (χ2n) is 5.13. The molecular formula is C18H17ClN2O5. The van der Waals surface area contributed by atoms with Gasteiger partial charge in [0.1, 0.15) is 5.75 Å². The van der Waals surface area contributed by atoms with Crippen molar-refractivity contribution >= 4 is 35.1 Å². The molecule has 0 aromatic heterocycles. The predicted octanol–water partition coefficient (Wildman–Crippen LogP) is 2.26. The van der Waals surface area contributed by atoms with E-state index in [9.17, 15) is 14.4 Å². The molecule has 2 amide bonds. The molecule has 26 heavy (non-hydrogen) atoms. The van der Waals surface area contributed by atoms with Crippen molar-refractivity contribution in [3.8, 4) is 5.75 Å². The summed E-state index contributed by atoms with van der Waals surface area (Å²) in [5.74, 6) is -0.807. The molecule has 136 valence electrons. The summed E-state index contributed by atoms with van der Waals surface area (Å²) < 4.78 is 9.67. The van der Waals surface area contributed by atoms with Crippen LogP contribution < -0.4 is 15.4 Å². The highest BCUT2D eigenvalue weighted by Crippen LogP contribution is 2.15. The van der Waals surface area contributed by atoms with Crippen LogP contribution >= 0.6 is 11.6 Å². The highest BCUT2D eigenvalue weighted by atomic mass is 35.5. The Labute approximate surface area is 155 Å². The number of anilines is 1. The SMILES string of the molecule is COC(=O)COc1ccc(NC(=O)CNC(=O)c2cccc(Cl)c2)cc1. The van der Waals surface area contributed by atoms with Crippen LogP contribution in [0.5, 0.6) is 5.75 Å². The maximum atomic E-state index is 11.9. The van der Waals surface area contributed by atoms with E-state index in [4.69, 9.17) is 16.3 Å². The van der Waals surface area contributed by atoms with Gasteiger partial charge in [-0.3, -0.25) is 9.59 Å². The summed E-state index contributed by atoms with van der Waals surface area (Å²) in [5.41, 5.74) is 0.898. The van der Waals surface area contributed by atoms with E-state index < -0.39 is 11.9 Å².